The number of hydrogen-bond donors (Lipinski definition) is 0. The van der Waals surface area contributed by atoms with Gasteiger partial charge in [-0.2, -0.15) is 4.31 Å². The van der Waals surface area contributed by atoms with Gasteiger partial charge in [0, 0.05) is 5.02 Å². The fourth-order valence-corrected chi connectivity index (χ4v) is 5.14. The lowest BCUT2D eigenvalue weighted by Crippen LogP contribution is -2.45. The summed E-state index contributed by atoms with van der Waals surface area (Å²) in [6.45, 7) is 1.70. The third kappa shape index (κ3) is 4.14. The van der Waals surface area contributed by atoms with Gasteiger partial charge in [0.1, 0.15) is 11.8 Å². The van der Waals surface area contributed by atoms with Crippen LogP contribution in [0, 0.1) is 6.92 Å². The van der Waals surface area contributed by atoms with E-state index >= 15 is 0 Å². The number of carbonyl (C=O) groups is 2. The summed E-state index contributed by atoms with van der Waals surface area (Å²) >= 11 is 5.89. The van der Waals surface area contributed by atoms with Crippen LogP contribution in [0.5, 0.6) is 0 Å². The lowest BCUT2D eigenvalue weighted by atomic mass is 10.2. The molecule has 1 atom stereocenters. The number of hydrogen-bond acceptors (Lipinski definition) is 5. The molecule has 1 aromatic heterocycles. The number of rotatable bonds is 6. The molecular weight excluding hydrogens is 440 g/mol. The van der Waals surface area contributed by atoms with Crippen LogP contribution < -0.4 is 4.90 Å². The van der Waals surface area contributed by atoms with Gasteiger partial charge in [0.2, 0.25) is 15.9 Å². The number of imide groups is 1. The lowest BCUT2D eigenvalue weighted by molar-refractivity contribution is -0.122. The first-order chi connectivity index (χ1) is 14.8. The fraction of sp³-hybridized carbons (Fsp3) is 0.182. The van der Waals surface area contributed by atoms with Gasteiger partial charge in [0.05, 0.1) is 29.8 Å². The Labute approximate surface area is 184 Å². The highest BCUT2D eigenvalue weighted by molar-refractivity contribution is 7.89. The molecule has 1 fully saturated rings. The van der Waals surface area contributed by atoms with Gasteiger partial charge in [0.15, 0.2) is 0 Å². The summed E-state index contributed by atoms with van der Waals surface area (Å²) in [5.74, 6) is -0.709. The number of amides is 2. The van der Waals surface area contributed by atoms with Gasteiger partial charge >= 0.3 is 0 Å². The number of benzene rings is 2. The Hall–Kier alpha value is -2.94. The van der Waals surface area contributed by atoms with E-state index in [1.165, 1.54) is 30.5 Å². The summed E-state index contributed by atoms with van der Waals surface area (Å²) < 4.78 is 33.3. The molecule has 4 rings (SSSR count). The predicted molar refractivity (Wildman–Crippen MR) is 115 cm³/mol. The molecule has 1 saturated heterocycles. The molecule has 3 aromatic rings. The van der Waals surface area contributed by atoms with Gasteiger partial charge in [-0.3, -0.25) is 9.59 Å². The van der Waals surface area contributed by atoms with Crippen LogP contribution in [-0.2, 0) is 26.2 Å². The van der Waals surface area contributed by atoms with Crippen molar-refractivity contribution in [2.45, 2.75) is 30.8 Å². The van der Waals surface area contributed by atoms with Crippen molar-refractivity contribution in [3.05, 3.63) is 83.3 Å². The molecule has 7 nitrogen and oxygen atoms in total. The largest absolute Gasteiger partial charge is 0.468 e. The number of aryl methyl sites for hydroxylation is 1. The number of anilines is 1. The van der Waals surface area contributed by atoms with Crippen molar-refractivity contribution in [1.29, 1.82) is 0 Å². The van der Waals surface area contributed by atoms with Crippen molar-refractivity contribution in [3.63, 3.8) is 0 Å². The highest BCUT2D eigenvalue weighted by Crippen LogP contribution is 2.31. The first-order valence-electron chi connectivity index (χ1n) is 9.50. The van der Waals surface area contributed by atoms with Crippen LogP contribution in [-0.4, -0.2) is 30.6 Å². The molecule has 0 bridgehead atoms. The molecule has 160 valence electrons. The van der Waals surface area contributed by atoms with E-state index in [1.807, 2.05) is 6.92 Å². The molecule has 1 aliphatic rings. The molecule has 9 heteroatoms. The maximum atomic E-state index is 13.5. The monoisotopic (exact) mass is 458 g/mol. The molecule has 2 aromatic carbocycles. The second-order valence-corrected chi connectivity index (χ2v) is 9.53. The quantitative estimate of drug-likeness (QED) is 0.525. The molecule has 0 saturated carbocycles. The minimum Gasteiger partial charge on any atom is -0.468 e. The van der Waals surface area contributed by atoms with Gasteiger partial charge < -0.3 is 4.42 Å². The van der Waals surface area contributed by atoms with Crippen molar-refractivity contribution in [2.75, 3.05) is 4.90 Å². The number of sulfonamides is 1. The Morgan fingerprint density at radius 2 is 1.74 bits per heavy atom. The van der Waals surface area contributed by atoms with Gasteiger partial charge in [-0.05, 0) is 55.5 Å². The fourth-order valence-electron chi connectivity index (χ4n) is 3.47. The van der Waals surface area contributed by atoms with Crippen molar-refractivity contribution in [2.24, 2.45) is 0 Å². The Bertz CT molecular complexity index is 1210. The van der Waals surface area contributed by atoms with Crippen LogP contribution in [0.15, 0.2) is 76.2 Å². The Kier molecular flexibility index (Phi) is 5.70. The number of carbonyl (C=O) groups excluding carboxylic acids is 2. The van der Waals surface area contributed by atoms with Crippen molar-refractivity contribution in [1.82, 2.24) is 4.31 Å². The Morgan fingerprint density at radius 1 is 1.06 bits per heavy atom. The second kappa shape index (κ2) is 8.30. The molecule has 31 heavy (non-hydrogen) atoms. The molecule has 2 heterocycles. The second-order valence-electron chi connectivity index (χ2n) is 7.21. The Morgan fingerprint density at radius 3 is 2.35 bits per heavy atom. The average molecular weight is 459 g/mol. The first kappa shape index (κ1) is 21.3. The van der Waals surface area contributed by atoms with Crippen LogP contribution in [0.3, 0.4) is 0 Å². The lowest BCUT2D eigenvalue weighted by Gasteiger charge is -2.26. The summed E-state index contributed by atoms with van der Waals surface area (Å²) in [5.41, 5.74) is 1.38. The molecule has 0 N–H and O–H groups in total. The number of furan rings is 1. The zero-order valence-electron chi connectivity index (χ0n) is 16.6. The van der Waals surface area contributed by atoms with Gasteiger partial charge in [-0.15, -0.1) is 0 Å². The smallest absolute Gasteiger partial charge is 0.252 e. The van der Waals surface area contributed by atoms with Crippen LogP contribution in [0.4, 0.5) is 5.69 Å². The SMILES string of the molecule is Cc1ccc(N2C(=O)CC(N(Cc3ccco3)S(=O)(=O)c3ccc(Cl)cc3)C2=O)cc1. The Balaban J connectivity index is 1.73. The molecule has 0 radical (unpaired) electrons. The minimum atomic E-state index is -4.13. The summed E-state index contributed by atoms with van der Waals surface area (Å²) in [7, 11) is -4.13. The summed E-state index contributed by atoms with van der Waals surface area (Å²) in [6, 6.07) is 14.6. The predicted octanol–water partition coefficient (Wildman–Crippen LogP) is 3.76. The normalized spacial score (nSPS) is 17.0. The topological polar surface area (TPSA) is 87.9 Å². The zero-order chi connectivity index (χ0) is 22.2. The number of nitrogens with zero attached hydrogens (tertiary/aromatic N) is 2. The summed E-state index contributed by atoms with van der Waals surface area (Å²) in [6.07, 6.45) is 1.16. The van der Waals surface area contributed by atoms with Gasteiger partial charge in [0.25, 0.3) is 5.91 Å². The highest BCUT2D eigenvalue weighted by Gasteiger charge is 2.47. The van der Waals surface area contributed by atoms with Crippen LogP contribution >= 0.6 is 11.6 Å². The van der Waals surface area contributed by atoms with Crippen molar-refractivity contribution < 1.29 is 22.4 Å². The summed E-state index contributed by atoms with van der Waals surface area (Å²) in [5, 5.41) is 0.384. The van der Waals surface area contributed by atoms with Crippen molar-refractivity contribution >= 4 is 39.1 Å². The van der Waals surface area contributed by atoms with Crippen LogP contribution in [0.25, 0.3) is 0 Å². The molecule has 0 aliphatic carbocycles. The molecule has 0 spiro atoms. The highest BCUT2D eigenvalue weighted by atomic mass is 35.5. The van der Waals surface area contributed by atoms with E-state index in [4.69, 9.17) is 16.0 Å². The van der Waals surface area contributed by atoms with E-state index in [0.29, 0.717) is 16.5 Å². The third-order valence-corrected chi connectivity index (χ3v) is 7.20. The molecular formula is C22H19ClN2O5S. The van der Waals surface area contributed by atoms with Crippen molar-refractivity contribution in [3.8, 4) is 0 Å². The van der Waals surface area contributed by atoms with E-state index in [2.05, 4.69) is 0 Å². The first-order valence-corrected chi connectivity index (χ1v) is 11.3. The third-order valence-electron chi connectivity index (χ3n) is 5.07. The summed E-state index contributed by atoms with van der Waals surface area (Å²) in [4.78, 5) is 27.0. The van der Waals surface area contributed by atoms with E-state index in [1.54, 1.807) is 36.4 Å². The van der Waals surface area contributed by atoms with Crippen LogP contribution in [0.1, 0.15) is 17.7 Å². The van der Waals surface area contributed by atoms with Gasteiger partial charge in [-0.25, -0.2) is 13.3 Å². The molecule has 2 amide bonds. The van der Waals surface area contributed by atoms with Crippen LogP contribution in [0.2, 0.25) is 5.02 Å². The molecule has 1 unspecified atom stereocenters. The van der Waals surface area contributed by atoms with E-state index in [9.17, 15) is 18.0 Å². The van der Waals surface area contributed by atoms with E-state index < -0.39 is 27.9 Å². The minimum absolute atomic E-state index is 0.0301. The maximum absolute atomic E-state index is 13.5. The van der Waals surface area contributed by atoms with E-state index in [-0.39, 0.29) is 17.9 Å². The maximum Gasteiger partial charge on any atom is 0.252 e. The average Bonchev–Trinajstić information content (AvgIpc) is 3.35. The molecule has 1 aliphatic heterocycles. The number of halogens is 1. The zero-order valence-corrected chi connectivity index (χ0v) is 18.1. The van der Waals surface area contributed by atoms with Gasteiger partial charge in [-0.1, -0.05) is 29.3 Å². The standard InChI is InChI=1S/C22H19ClN2O5S/c1-15-4-8-17(9-5-15)25-21(26)13-20(22(25)27)24(14-18-3-2-12-30-18)31(28,29)19-10-6-16(23)7-11-19/h2-12,20H,13-14H2,1H3. The van der Waals surface area contributed by atoms with E-state index in [0.717, 1.165) is 14.8 Å².